The predicted octanol–water partition coefficient (Wildman–Crippen LogP) is 1.43. The van der Waals surface area contributed by atoms with Crippen molar-refractivity contribution in [1.82, 2.24) is 0 Å². The van der Waals surface area contributed by atoms with Crippen molar-refractivity contribution in [3.05, 3.63) is 0 Å². The van der Waals surface area contributed by atoms with Gasteiger partial charge in [-0.3, -0.25) is 0 Å². The minimum atomic E-state index is -2.35. The van der Waals surface area contributed by atoms with E-state index in [4.69, 9.17) is 23.4 Å². The number of hydrogen-bond donors (Lipinski definition) is 1. The zero-order chi connectivity index (χ0) is 13.4. The number of rotatable bonds is 4. The molecule has 0 amide bonds. The van der Waals surface area contributed by atoms with Gasteiger partial charge in [-0.15, -0.1) is 0 Å². The molecule has 0 aliphatic carbocycles. The molecule has 1 aliphatic heterocycles. The van der Waals surface area contributed by atoms with Gasteiger partial charge in [0, 0.05) is 41.5 Å². The average molecular weight is 266 g/mol. The molecule has 0 atom stereocenters. The van der Waals surface area contributed by atoms with Crippen LogP contribution in [0.2, 0.25) is 6.04 Å². The molecule has 0 radical (unpaired) electrons. The topological polar surface area (TPSA) is 57.2 Å². The van der Waals surface area contributed by atoms with E-state index in [1.54, 1.807) is 35.4 Å². The summed E-state index contributed by atoms with van der Waals surface area (Å²) in [7, 11) is 4.34. The molecule has 0 unspecified atom stereocenters. The molecule has 5 nitrogen and oxygen atoms in total. The Kier molecular flexibility index (Phi) is 8.19. The first-order valence-electron chi connectivity index (χ1n) is 5.93. The Hall–Kier alpha value is 0.0169. The predicted molar refractivity (Wildman–Crippen MR) is 67.9 cm³/mol. The maximum Gasteiger partial charge on any atom is 0.399 e. The first kappa shape index (κ1) is 17.0. The van der Waals surface area contributed by atoms with E-state index in [1.165, 1.54) is 0 Å². The molecular formula is C11H26O5Si. The van der Waals surface area contributed by atoms with Crippen LogP contribution in [0.3, 0.4) is 0 Å². The van der Waals surface area contributed by atoms with Crippen molar-refractivity contribution in [2.24, 2.45) is 0 Å². The zero-order valence-corrected chi connectivity index (χ0v) is 12.6. The van der Waals surface area contributed by atoms with Crippen molar-refractivity contribution in [3.8, 4) is 0 Å². The van der Waals surface area contributed by atoms with Gasteiger partial charge >= 0.3 is 8.56 Å². The van der Waals surface area contributed by atoms with E-state index in [1.807, 2.05) is 0 Å². The summed E-state index contributed by atoms with van der Waals surface area (Å²) >= 11 is 0. The number of aliphatic hydroxyl groups is 1. The smallest absolute Gasteiger partial charge is 0.397 e. The molecule has 0 saturated carbocycles. The summed E-state index contributed by atoms with van der Waals surface area (Å²) in [6.45, 7) is 1.93. The minimum absolute atomic E-state index is 0.250. The molecule has 1 aliphatic rings. The van der Waals surface area contributed by atoms with E-state index in [0.717, 1.165) is 25.3 Å². The Morgan fingerprint density at radius 2 is 1.53 bits per heavy atom. The van der Waals surface area contributed by atoms with Gasteiger partial charge in [0.05, 0.1) is 0 Å². The van der Waals surface area contributed by atoms with Crippen molar-refractivity contribution in [2.45, 2.75) is 37.6 Å². The van der Waals surface area contributed by atoms with Crippen LogP contribution in [0.25, 0.3) is 0 Å². The highest BCUT2D eigenvalue weighted by Crippen LogP contribution is 2.40. The quantitative estimate of drug-likeness (QED) is 0.616. The number of hydrogen-bond acceptors (Lipinski definition) is 5. The van der Waals surface area contributed by atoms with Crippen LogP contribution in [0.1, 0.15) is 26.2 Å². The van der Waals surface area contributed by atoms with E-state index < -0.39 is 14.0 Å². The zero-order valence-electron chi connectivity index (χ0n) is 11.6. The second-order valence-corrected chi connectivity index (χ2v) is 7.43. The van der Waals surface area contributed by atoms with Crippen LogP contribution >= 0.6 is 0 Å². The lowest BCUT2D eigenvalue weighted by atomic mass is 10.2. The maximum absolute atomic E-state index is 7.57. The summed E-state index contributed by atoms with van der Waals surface area (Å²) in [6, 6.07) is 0.932. The maximum atomic E-state index is 7.57. The average Bonchev–Trinajstić information content (AvgIpc) is 2.39. The Morgan fingerprint density at radius 1 is 1.06 bits per heavy atom. The third kappa shape index (κ3) is 3.49. The van der Waals surface area contributed by atoms with Crippen LogP contribution < -0.4 is 0 Å². The van der Waals surface area contributed by atoms with Gasteiger partial charge in [0.2, 0.25) is 5.41 Å². The second kappa shape index (κ2) is 8.18. The molecule has 0 aromatic carbocycles. The largest absolute Gasteiger partial charge is 0.399 e. The SMILES string of the molecule is CCO.COC1(OC)CCCC[Si]1(OC)OC. The molecule has 0 aromatic rings. The molecule has 6 heteroatoms. The van der Waals surface area contributed by atoms with E-state index in [2.05, 4.69) is 0 Å². The molecule has 1 N–H and O–H groups in total. The summed E-state index contributed by atoms with van der Waals surface area (Å²) in [5.74, 6) is 0. The summed E-state index contributed by atoms with van der Waals surface area (Å²) in [6.07, 6.45) is 3.08. The molecule has 0 bridgehead atoms. The van der Waals surface area contributed by atoms with E-state index in [9.17, 15) is 0 Å². The highest BCUT2D eigenvalue weighted by atomic mass is 28.4. The van der Waals surface area contributed by atoms with Gasteiger partial charge in [-0.05, 0) is 19.4 Å². The molecule has 1 fully saturated rings. The Bertz CT molecular complexity index is 172. The van der Waals surface area contributed by atoms with Gasteiger partial charge in [0.25, 0.3) is 0 Å². The Labute approximate surface area is 105 Å². The monoisotopic (exact) mass is 266 g/mol. The molecule has 17 heavy (non-hydrogen) atoms. The first-order chi connectivity index (χ1) is 8.11. The van der Waals surface area contributed by atoms with Crippen LogP contribution in [0, 0.1) is 0 Å². The molecule has 1 rings (SSSR count). The summed E-state index contributed by atoms with van der Waals surface area (Å²) in [5, 5.41) is 7.57. The minimum Gasteiger partial charge on any atom is -0.397 e. The van der Waals surface area contributed by atoms with E-state index >= 15 is 0 Å². The number of ether oxygens (including phenoxy) is 2. The standard InChI is InChI=1S/C9H20O4Si.C2H6O/c1-10-9(11-2)7-5-6-8-14(9,12-3)13-4;1-2-3/h5-8H2,1-4H3;3H,2H2,1H3. The van der Waals surface area contributed by atoms with Crippen molar-refractivity contribution in [1.29, 1.82) is 0 Å². The van der Waals surface area contributed by atoms with Gasteiger partial charge < -0.3 is 23.4 Å². The van der Waals surface area contributed by atoms with E-state index in [0.29, 0.717) is 0 Å². The van der Waals surface area contributed by atoms with Crippen LogP contribution in [-0.4, -0.2) is 54.1 Å². The van der Waals surface area contributed by atoms with Gasteiger partial charge in [0.1, 0.15) is 0 Å². The van der Waals surface area contributed by atoms with E-state index in [-0.39, 0.29) is 6.61 Å². The number of aliphatic hydroxyl groups excluding tert-OH is 1. The van der Waals surface area contributed by atoms with Crippen molar-refractivity contribution < 1.29 is 23.4 Å². The molecular weight excluding hydrogens is 240 g/mol. The molecule has 0 aromatic heterocycles. The van der Waals surface area contributed by atoms with Crippen molar-refractivity contribution >= 4 is 8.56 Å². The summed E-state index contributed by atoms with van der Waals surface area (Å²) in [5.41, 5.74) is -0.630. The fourth-order valence-electron chi connectivity index (χ4n) is 2.29. The highest BCUT2D eigenvalue weighted by molar-refractivity contribution is 6.70. The fraction of sp³-hybridized carbons (Fsp3) is 1.00. The lowest BCUT2D eigenvalue weighted by Gasteiger charge is -2.46. The van der Waals surface area contributed by atoms with Crippen LogP contribution in [0.15, 0.2) is 0 Å². The van der Waals surface area contributed by atoms with Crippen molar-refractivity contribution in [2.75, 3.05) is 35.0 Å². The third-order valence-corrected chi connectivity index (χ3v) is 7.31. The summed E-state index contributed by atoms with van der Waals surface area (Å²) in [4.78, 5) is 0. The van der Waals surface area contributed by atoms with Crippen LogP contribution in [0.4, 0.5) is 0 Å². The van der Waals surface area contributed by atoms with Crippen LogP contribution in [0.5, 0.6) is 0 Å². The Morgan fingerprint density at radius 3 is 1.82 bits per heavy atom. The first-order valence-corrected chi connectivity index (χ1v) is 7.95. The van der Waals surface area contributed by atoms with Gasteiger partial charge in [-0.1, -0.05) is 6.42 Å². The fourth-order valence-corrected chi connectivity index (χ4v) is 5.77. The molecule has 1 heterocycles. The molecule has 1 saturated heterocycles. The summed E-state index contributed by atoms with van der Waals surface area (Å²) < 4.78 is 22.2. The molecule has 0 spiro atoms. The lowest BCUT2D eigenvalue weighted by molar-refractivity contribution is -0.183. The second-order valence-electron chi connectivity index (χ2n) is 3.85. The number of methoxy groups -OCH3 is 2. The lowest BCUT2D eigenvalue weighted by Crippen LogP contribution is -2.65. The van der Waals surface area contributed by atoms with Gasteiger partial charge in [-0.2, -0.15) is 0 Å². The highest BCUT2D eigenvalue weighted by Gasteiger charge is 2.60. The van der Waals surface area contributed by atoms with Gasteiger partial charge in [0.15, 0.2) is 0 Å². The van der Waals surface area contributed by atoms with Gasteiger partial charge in [-0.25, -0.2) is 0 Å². The third-order valence-electron chi connectivity index (χ3n) is 3.16. The van der Waals surface area contributed by atoms with Crippen molar-refractivity contribution in [3.63, 3.8) is 0 Å². The normalized spacial score (nSPS) is 21.5. The Balaban J connectivity index is 0.000000770. The van der Waals surface area contributed by atoms with Crippen LogP contribution in [-0.2, 0) is 18.3 Å². The molecule has 104 valence electrons.